The van der Waals surface area contributed by atoms with Gasteiger partial charge in [-0.1, -0.05) is 177 Å². The van der Waals surface area contributed by atoms with Gasteiger partial charge >= 0.3 is 30.0 Å². The average Bonchev–Trinajstić information content (AvgIpc) is 3.17. The van der Waals surface area contributed by atoms with Crippen LogP contribution in [-0.2, 0) is 38.6 Å². The van der Waals surface area contributed by atoms with Gasteiger partial charge in [0.25, 0.3) is 0 Å². The molecular formula is C47H70O11. The summed E-state index contributed by atoms with van der Waals surface area (Å²) in [5.74, 6) is -3.99. The minimum Gasteiger partial charge on any atom is -0.358 e. The summed E-state index contributed by atoms with van der Waals surface area (Å²) in [7, 11) is 0. The molecule has 0 aliphatic heterocycles. The van der Waals surface area contributed by atoms with Gasteiger partial charge in [-0.2, -0.15) is 9.78 Å². The minimum absolute atomic E-state index is 0.0928. The summed E-state index contributed by atoms with van der Waals surface area (Å²) < 4.78 is 9.76. The van der Waals surface area contributed by atoms with E-state index in [-0.39, 0.29) is 24.0 Å². The monoisotopic (exact) mass is 810 g/mol. The second-order valence-corrected chi connectivity index (χ2v) is 15.7. The standard InChI is InChI=1S/C47H70O11/c1-7-9-11-13-15-17-19-21-23-25-27-41(55-57-43(48)39-31-35(3)29-36(4)32-39)45(50)53-47(52)54-46(51)42(28-26-24-22-20-18-16-14-12-10-8-2)56-58-44(49)40-33-37(5)30-38(6)34-40/h29-34,41-42H,7-28H2,1-6H3. The van der Waals surface area contributed by atoms with E-state index < -0.39 is 42.2 Å². The Morgan fingerprint density at radius 3 is 0.983 bits per heavy atom. The summed E-state index contributed by atoms with van der Waals surface area (Å²) in [5, 5.41) is 0. The van der Waals surface area contributed by atoms with Gasteiger partial charge in [0, 0.05) is 0 Å². The van der Waals surface area contributed by atoms with Crippen LogP contribution in [0, 0.1) is 27.7 Å². The molecule has 0 fully saturated rings. The lowest BCUT2D eigenvalue weighted by atomic mass is 10.0. The lowest BCUT2D eigenvalue weighted by molar-refractivity contribution is -0.276. The van der Waals surface area contributed by atoms with Gasteiger partial charge in [-0.25, -0.2) is 24.0 Å². The normalized spacial score (nSPS) is 12.1. The number of benzene rings is 2. The van der Waals surface area contributed by atoms with Crippen LogP contribution >= 0.6 is 0 Å². The molecule has 2 rings (SSSR count). The number of hydrogen-bond acceptors (Lipinski definition) is 11. The zero-order valence-corrected chi connectivity index (χ0v) is 36.2. The van der Waals surface area contributed by atoms with Crippen molar-refractivity contribution >= 4 is 30.0 Å². The molecule has 0 spiro atoms. The van der Waals surface area contributed by atoms with Gasteiger partial charge in [0.05, 0.1) is 11.1 Å². The van der Waals surface area contributed by atoms with Crippen molar-refractivity contribution in [3.05, 3.63) is 69.8 Å². The fourth-order valence-corrected chi connectivity index (χ4v) is 6.85. The Labute approximate surface area is 347 Å². The molecule has 0 bridgehead atoms. The van der Waals surface area contributed by atoms with Crippen LogP contribution in [0.5, 0.6) is 0 Å². The first-order chi connectivity index (χ1) is 27.9. The Bertz CT molecular complexity index is 1380. The lowest BCUT2D eigenvalue weighted by Crippen LogP contribution is -2.34. The number of unbranched alkanes of at least 4 members (excludes halogenated alkanes) is 18. The highest BCUT2D eigenvalue weighted by atomic mass is 17.2. The van der Waals surface area contributed by atoms with Crippen LogP contribution in [0.2, 0.25) is 0 Å². The molecule has 0 aromatic heterocycles. The van der Waals surface area contributed by atoms with Crippen molar-refractivity contribution in [3.8, 4) is 0 Å². The minimum atomic E-state index is -1.61. The Morgan fingerprint density at radius 1 is 0.414 bits per heavy atom. The molecule has 11 nitrogen and oxygen atoms in total. The number of rotatable bonds is 30. The van der Waals surface area contributed by atoms with Crippen molar-refractivity contribution in [3.63, 3.8) is 0 Å². The number of ether oxygens (including phenoxy) is 2. The molecule has 0 saturated heterocycles. The highest BCUT2D eigenvalue weighted by Gasteiger charge is 2.31. The number of aryl methyl sites for hydroxylation is 4. The summed E-state index contributed by atoms with van der Waals surface area (Å²) >= 11 is 0. The first-order valence-electron chi connectivity index (χ1n) is 21.8. The van der Waals surface area contributed by atoms with Crippen LogP contribution in [0.1, 0.15) is 198 Å². The Kier molecular flexibility index (Phi) is 25.9. The molecule has 0 aliphatic rings. The molecule has 58 heavy (non-hydrogen) atoms. The maximum Gasteiger partial charge on any atom is 0.524 e. The van der Waals surface area contributed by atoms with Gasteiger partial charge in [0.1, 0.15) is 0 Å². The molecule has 0 N–H and O–H groups in total. The largest absolute Gasteiger partial charge is 0.524 e. The number of carbonyl (C=O) groups excluding carboxylic acids is 5. The maximum atomic E-state index is 13.2. The molecule has 2 aromatic rings. The van der Waals surface area contributed by atoms with Crippen LogP contribution < -0.4 is 0 Å². The van der Waals surface area contributed by atoms with Gasteiger partial charge in [0.2, 0.25) is 12.2 Å². The Balaban J connectivity index is 2.01. The molecule has 324 valence electrons. The fraction of sp³-hybridized carbons (Fsp3) is 0.638. The SMILES string of the molecule is CCCCCCCCCCCCC(OOC(=O)c1cc(C)cc(C)c1)C(=O)OC(=O)OC(=O)C(CCCCCCCCCCCC)OOC(=O)c1cc(C)cc(C)c1. The predicted octanol–water partition coefficient (Wildman–Crippen LogP) is 12.4. The van der Waals surface area contributed by atoms with Gasteiger partial charge in [-0.15, -0.1) is 0 Å². The van der Waals surface area contributed by atoms with E-state index in [9.17, 15) is 24.0 Å². The van der Waals surface area contributed by atoms with Gasteiger partial charge < -0.3 is 9.47 Å². The predicted molar refractivity (Wildman–Crippen MR) is 223 cm³/mol. The molecule has 2 unspecified atom stereocenters. The van der Waals surface area contributed by atoms with E-state index in [0.29, 0.717) is 12.8 Å². The van der Waals surface area contributed by atoms with E-state index in [0.717, 1.165) is 73.6 Å². The highest BCUT2D eigenvalue weighted by Crippen LogP contribution is 2.19. The zero-order valence-electron chi connectivity index (χ0n) is 36.2. The molecule has 0 saturated carbocycles. The Morgan fingerprint density at radius 2 is 0.690 bits per heavy atom. The third-order valence-electron chi connectivity index (χ3n) is 9.93. The number of carbonyl (C=O) groups is 5. The first-order valence-corrected chi connectivity index (χ1v) is 21.8. The van der Waals surface area contributed by atoms with Crippen LogP contribution in [0.25, 0.3) is 0 Å². The molecule has 0 radical (unpaired) electrons. The van der Waals surface area contributed by atoms with Gasteiger partial charge in [-0.05, 0) is 64.8 Å². The fourth-order valence-electron chi connectivity index (χ4n) is 6.85. The molecule has 2 aromatic carbocycles. The topological polar surface area (TPSA) is 141 Å². The zero-order chi connectivity index (χ0) is 42.5. The van der Waals surface area contributed by atoms with E-state index in [1.807, 2.05) is 39.8 Å². The number of esters is 2. The molecular weight excluding hydrogens is 741 g/mol. The molecule has 0 aliphatic carbocycles. The van der Waals surface area contributed by atoms with E-state index in [4.69, 9.17) is 29.0 Å². The van der Waals surface area contributed by atoms with E-state index >= 15 is 0 Å². The second-order valence-electron chi connectivity index (χ2n) is 15.7. The van der Waals surface area contributed by atoms with Crippen LogP contribution in [-0.4, -0.2) is 42.2 Å². The quantitative estimate of drug-likeness (QED) is 0.0245. The summed E-state index contributed by atoms with van der Waals surface area (Å²) in [5.41, 5.74) is 3.85. The third-order valence-corrected chi connectivity index (χ3v) is 9.93. The van der Waals surface area contributed by atoms with Crippen molar-refractivity contribution in [2.45, 2.75) is 195 Å². The van der Waals surface area contributed by atoms with Crippen LogP contribution in [0.3, 0.4) is 0 Å². The average molecular weight is 811 g/mol. The van der Waals surface area contributed by atoms with Crippen molar-refractivity contribution in [1.29, 1.82) is 0 Å². The molecule has 0 heterocycles. The van der Waals surface area contributed by atoms with Crippen molar-refractivity contribution in [2.24, 2.45) is 0 Å². The lowest BCUT2D eigenvalue weighted by Gasteiger charge is -2.16. The maximum absolute atomic E-state index is 13.2. The van der Waals surface area contributed by atoms with Crippen LogP contribution in [0.15, 0.2) is 36.4 Å². The van der Waals surface area contributed by atoms with Gasteiger partial charge in [0.15, 0.2) is 0 Å². The Hall–Kier alpha value is -4.09. The number of hydrogen-bond donors (Lipinski definition) is 0. The van der Waals surface area contributed by atoms with Crippen molar-refractivity contribution < 1.29 is 53.0 Å². The van der Waals surface area contributed by atoms with Gasteiger partial charge in [-0.3, -0.25) is 9.78 Å². The van der Waals surface area contributed by atoms with Crippen LogP contribution in [0.4, 0.5) is 4.79 Å². The van der Waals surface area contributed by atoms with Crippen molar-refractivity contribution in [2.75, 3.05) is 0 Å². The third kappa shape index (κ3) is 22.2. The smallest absolute Gasteiger partial charge is 0.358 e. The summed E-state index contributed by atoms with van der Waals surface area (Å²) in [6, 6.07) is 10.3. The molecule has 11 heteroatoms. The highest BCUT2D eigenvalue weighted by molar-refractivity contribution is 5.92. The summed E-state index contributed by atoms with van der Waals surface area (Å²) in [6.45, 7) is 11.7. The molecule has 2 atom stereocenters. The van der Waals surface area contributed by atoms with Crippen molar-refractivity contribution in [1.82, 2.24) is 0 Å². The van der Waals surface area contributed by atoms with E-state index in [2.05, 4.69) is 13.8 Å². The second kappa shape index (κ2) is 30.0. The van der Waals surface area contributed by atoms with E-state index in [1.165, 1.54) is 64.2 Å². The summed E-state index contributed by atoms with van der Waals surface area (Å²) in [6.07, 6.45) is 16.8. The molecule has 0 amide bonds. The first kappa shape index (κ1) is 50.1. The summed E-state index contributed by atoms with van der Waals surface area (Å²) in [4.78, 5) is 85.5. The van der Waals surface area contributed by atoms with E-state index in [1.54, 1.807) is 24.3 Å².